The number of nitrogens with one attached hydrogen (secondary N) is 1. The molecule has 5 N–H and O–H groups in total. The summed E-state index contributed by atoms with van der Waals surface area (Å²) in [5.74, 6) is -1.07. The first-order valence-electron chi connectivity index (χ1n) is 5.87. The number of hydrogen-bond acceptors (Lipinski definition) is 6. The second kappa shape index (κ2) is 8.79. The van der Waals surface area contributed by atoms with E-state index < -0.39 is 24.6 Å². The van der Waals surface area contributed by atoms with Gasteiger partial charge in [0, 0.05) is 10.1 Å². The Balaban J connectivity index is 3.33. The van der Waals surface area contributed by atoms with E-state index in [9.17, 15) is 14.7 Å². The fraction of sp³-hybridized carbons (Fsp3) is 0.333. The van der Waals surface area contributed by atoms with E-state index in [0.717, 1.165) is 0 Å². The molecule has 22 heavy (non-hydrogen) atoms. The maximum absolute atomic E-state index is 12.3. The van der Waals surface area contributed by atoms with E-state index in [-0.39, 0.29) is 17.7 Å². The Morgan fingerprint density at radius 3 is 2.27 bits per heavy atom. The van der Waals surface area contributed by atoms with Crippen molar-refractivity contribution in [2.45, 2.75) is 6.10 Å². The summed E-state index contributed by atoms with van der Waals surface area (Å²) in [6, 6.07) is 0. The molecule has 1 rings (SSSR count). The molecular formula is C12H13I3N2O5. The van der Waals surface area contributed by atoms with Crippen LogP contribution in [0.15, 0.2) is 0 Å². The number of methoxy groups -OCH3 is 1. The van der Waals surface area contributed by atoms with Crippen LogP contribution in [0.2, 0.25) is 0 Å². The first kappa shape index (κ1) is 20.1. The molecule has 1 atom stereocenters. The maximum Gasteiger partial charge on any atom is 0.340 e. The first-order valence-corrected chi connectivity index (χ1v) is 9.11. The van der Waals surface area contributed by atoms with E-state index in [1.54, 1.807) is 0 Å². The number of halogens is 3. The normalized spacial score (nSPS) is 11.9. The third-order valence-corrected chi connectivity index (χ3v) is 6.00. The van der Waals surface area contributed by atoms with Crippen molar-refractivity contribution < 1.29 is 24.5 Å². The van der Waals surface area contributed by atoms with Crippen LogP contribution in [0.1, 0.15) is 20.7 Å². The van der Waals surface area contributed by atoms with Gasteiger partial charge in [-0.2, -0.15) is 0 Å². The average molecular weight is 646 g/mol. The molecule has 0 fully saturated rings. The molecule has 10 heteroatoms. The van der Waals surface area contributed by atoms with Crippen LogP contribution in [0.4, 0.5) is 5.69 Å². The number of rotatable bonds is 5. The van der Waals surface area contributed by atoms with Gasteiger partial charge in [0.05, 0.1) is 43.8 Å². The van der Waals surface area contributed by atoms with Gasteiger partial charge >= 0.3 is 5.97 Å². The van der Waals surface area contributed by atoms with Gasteiger partial charge in [-0.15, -0.1) is 0 Å². The summed E-state index contributed by atoms with van der Waals surface area (Å²) in [6.45, 7) is -0.572. The van der Waals surface area contributed by atoms with Gasteiger partial charge in [-0.3, -0.25) is 4.79 Å². The molecule has 0 radical (unpaired) electrons. The van der Waals surface area contributed by atoms with Crippen LogP contribution < -0.4 is 11.1 Å². The van der Waals surface area contributed by atoms with E-state index in [0.29, 0.717) is 16.4 Å². The molecule has 1 aromatic rings. The maximum atomic E-state index is 12.3. The van der Waals surface area contributed by atoms with Crippen molar-refractivity contribution in [1.82, 2.24) is 5.32 Å². The third kappa shape index (κ3) is 4.33. The number of esters is 1. The zero-order valence-electron chi connectivity index (χ0n) is 11.3. The Bertz CT molecular complexity index is 609. The fourth-order valence-electron chi connectivity index (χ4n) is 1.53. The zero-order valence-corrected chi connectivity index (χ0v) is 17.8. The van der Waals surface area contributed by atoms with Crippen molar-refractivity contribution in [3.8, 4) is 0 Å². The molecule has 0 aromatic heterocycles. The Hall–Kier alpha value is 0.0700. The van der Waals surface area contributed by atoms with Gasteiger partial charge in [0.15, 0.2) is 0 Å². The van der Waals surface area contributed by atoms with Crippen LogP contribution in [0.5, 0.6) is 0 Å². The minimum atomic E-state index is -1.06. The summed E-state index contributed by atoms with van der Waals surface area (Å²) in [4.78, 5) is 24.2. The lowest BCUT2D eigenvalue weighted by molar-refractivity contribution is 0.0598. The summed E-state index contributed by atoms with van der Waals surface area (Å²) in [6.07, 6.45) is -1.06. The highest BCUT2D eigenvalue weighted by Gasteiger charge is 2.27. The minimum Gasteiger partial charge on any atom is -0.465 e. The minimum absolute atomic E-state index is 0.110. The molecule has 0 bridgehead atoms. The van der Waals surface area contributed by atoms with Crippen LogP contribution in [-0.2, 0) is 4.74 Å². The van der Waals surface area contributed by atoms with Crippen LogP contribution in [-0.4, -0.2) is 48.5 Å². The van der Waals surface area contributed by atoms with Crippen LogP contribution in [0, 0.1) is 10.7 Å². The zero-order chi connectivity index (χ0) is 17.0. The van der Waals surface area contributed by atoms with E-state index in [2.05, 4.69) is 5.32 Å². The Morgan fingerprint density at radius 1 is 1.23 bits per heavy atom. The summed E-state index contributed by atoms with van der Waals surface area (Å²) < 4.78 is 6.18. The topological polar surface area (TPSA) is 122 Å². The summed E-state index contributed by atoms with van der Waals surface area (Å²) >= 11 is 5.75. The molecule has 0 aliphatic heterocycles. The molecule has 0 aliphatic carbocycles. The monoisotopic (exact) mass is 646 g/mol. The largest absolute Gasteiger partial charge is 0.465 e. The predicted molar refractivity (Wildman–Crippen MR) is 106 cm³/mol. The number of carbonyl (C=O) groups is 2. The average Bonchev–Trinajstić information content (AvgIpc) is 2.50. The molecule has 1 amide bonds. The van der Waals surface area contributed by atoms with Crippen molar-refractivity contribution in [2.24, 2.45) is 0 Å². The van der Waals surface area contributed by atoms with Crippen molar-refractivity contribution in [3.05, 3.63) is 21.8 Å². The van der Waals surface area contributed by atoms with Crippen molar-refractivity contribution in [3.63, 3.8) is 0 Å². The highest BCUT2D eigenvalue weighted by Crippen LogP contribution is 2.34. The molecule has 1 aromatic carbocycles. The second-order valence-electron chi connectivity index (χ2n) is 4.14. The van der Waals surface area contributed by atoms with Crippen molar-refractivity contribution >= 4 is 85.3 Å². The summed E-state index contributed by atoms with van der Waals surface area (Å²) in [5, 5.41) is 20.6. The highest BCUT2D eigenvalue weighted by molar-refractivity contribution is 14.1. The molecule has 0 saturated carbocycles. The second-order valence-corrected chi connectivity index (χ2v) is 7.38. The number of benzene rings is 1. The lowest BCUT2D eigenvalue weighted by Gasteiger charge is -2.16. The Kier molecular flexibility index (Phi) is 8.04. The lowest BCUT2D eigenvalue weighted by atomic mass is 10.1. The van der Waals surface area contributed by atoms with Gasteiger partial charge in [0.25, 0.3) is 5.91 Å². The van der Waals surface area contributed by atoms with Crippen LogP contribution in [0.25, 0.3) is 0 Å². The first-order chi connectivity index (χ1) is 10.3. The van der Waals surface area contributed by atoms with Gasteiger partial charge < -0.3 is 26.0 Å². The number of anilines is 1. The quantitative estimate of drug-likeness (QED) is 0.215. The molecule has 122 valence electrons. The molecule has 0 spiro atoms. The molecule has 0 saturated heterocycles. The number of hydrogen-bond donors (Lipinski definition) is 4. The molecular weight excluding hydrogens is 633 g/mol. The number of aliphatic hydroxyl groups excluding tert-OH is 2. The smallest absolute Gasteiger partial charge is 0.340 e. The highest BCUT2D eigenvalue weighted by atomic mass is 127. The van der Waals surface area contributed by atoms with Crippen LogP contribution >= 0.6 is 67.8 Å². The Morgan fingerprint density at radius 2 is 1.77 bits per heavy atom. The predicted octanol–water partition coefficient (Wildman–Crippen LogP) is 0.952. The number of ether oxygens (including phenoxy) is 1. The van der Waals surface area contributed by atoms with Gasteiger partial charge in [-0.05, 0) is 67.8 Å². The van der Waals surface area contributed by atoms with E-state index >= 15 is 0 Å². The fourth-order valence-corrected chi connectivity index (χ4v) is 5.62. The van der Waals surface area contributed by atoms with E-state index in [4.69, 9.17) is 15.6 Å². The Labute approximate surface area is 167 Å². The van der Waals surface area contributed by atoms with Crippen LogP contribution in [0.3, 0.4) is 0 Å². The van der Waals surface area contributed by atoms with Gasteiger partial charge in [-0.1, -0.05) is 0 Å². The SMILES string of the molecule is COC(=O)c1c(I)c(N)c(I)c(C(=O)NCC(O)CO)c1I. The standard InChI is InChI=1S/C12H13I3N2O5/c1-22-12(21)6-7(13)5(8(14)10(16)9(6)15)11(20)17-2-4(19)3-18/h4,18-19H,2-3,16H2,1H3,(H,17,20). The van der Waals surface area contributed by atoms with E-state index in [1.807, 2.05) is 67.8 Å². The number of aliphatic hydroxyl groups is 2. The molecule has 0 aliphatic rings. The lowest BCUT2D eigenvalue weighted by Crippen LogP contribution is -2.35. The van der Waals surface area contributed by atoms with Gasteiger partial charge in [0.2, 0.25) is 0 Å². The number of carbonyl (C=O) groups excluding carboxylic acids is 2. The molecule has 1 unspecified atom stereocenters. The van der Waals surface area contributed by atoms with Crippen molar-refractivity contribution in [1.29, 1.82) is 0 Å². The number of nitrogens with two attached hydrogens (primary N) is 1. The molecule has 7 nitrogen and oxygen atoms in total. The number of nitrogen functional groups attached to an aromatic ring is 1. The van der Waals surface area contributed by atoms with Gasteiger partial charge in [-0.25, -0.2) is 4.79 Å². The number of amides is 1. The summed E-state index contributed by atoms with van der Waals surface area (Å²) in [5.41, 5.74) is 6.76. The summed E-state index contributed by atoms with van der Waals surface area (Å²) in [7, 11) is 1.25. The van der Waals surface area contributed by atoms with Crippen molar-refractivity contribution in [2.75, 3.05) is 26.0 Å². The third-order valence-electron chi connectivity index (χ3n) is 2.68. The van der Waals surface area contributed by atoms with E-state index in [1.165, 1.54) is 7.11 Å². The molecule has 0 heterocycles. The van der Waals surface area contributed by atoms with Gasteiger partial charge in [0.1, 0.15) is 0 Å².